The zero-order valence-electron chi connectivity index (χ0n) is 8.14. The Morgan fingerprint density at radius 3 is 1.23 bits per heavy atom. The summed E-state index contributed by atoms with van der Waals surface area (Å²) in [6.45, 7) is 2.96. The molecular formula is C8H20O5. The Labute approximate surface area is 78.3 Å². The van der Waals surface area contributed by atoms with Crippen molar-refractivity contribution in [2.45, 2.75) is 20.0 Å². The molecule has 0 aliphatic heterocycles. The van der Waals surface area contributed by atoms with Crippen LogP contribution in [0.5, 0.6) is 0 Å². The van der Waals surface area contributed by atoms with Crippen LogP contribution in [0.15, 0.2) is 0 Å². The van der Waals surface area contributed by atoms with Crippen molar-refractivity contribution in [3.05, 3.63) is 0 Å². The van der Waals surface area contributed by atoms with Crippen molar-refractivity contribution in [3.63, 3.8) is 0 Å². The Hall–Kier alpha value is -0.200. The van der Waals surface area contributed by atoms with E-state index in [-0.39, 0.29) is 31.8 Å². The van der Waals surface area contributed by atoms with Gasteiger partial charge in [-0.15, -0.1) is 0 Å². The van der Waals surface area contributed by atoms with Crippen LogP contribution in [0.3, 0.4) is 0 Å². The van der Waals surface area contributed by atoms with Crippen molar-refractivity contribution >= 4 is 0 Å². The van der Waals surface area contributed by atoms with Crippen molar-refractivity contribution in [3.8, 4) is 0 Å². The Balaban J connectivity index is 0. The molecular weight excluding hydrogens is 176 g/mol. The lowest BCUT2D eigenvalue weighted by Gasteiger charge is -2.16. The van der Waals surface area contributed by atoms with Gasteiger partial charge < -0.3 is 25.5 Å². The van der Waals surface area contributed by atoms with Gasteiger partial charge in [0.05, 0.1) is 26.4 Å². The molecule has 0 unspecified atom stereocenters. The quantitative estimate of drug-likeness (QED) is 0.370. The maximum atomic E-state index is 8.43. The second-order valence-corrected chi connectivity index (χ2v) is 3.50. The summed E-state index contributed by atoms with van der Waals surface area (Å²) >= 11 is 0. The molecule has 0 spiro atoms. The van der Waals surface area contributed by atoms with E-state index in [4.69, 9.17) is 25.5 Å². The molecule has 0 atom stereocenters. The molecule has 0 aromatic rings. The van der Waals surface area contributed by atoms with E-state index in [2.05, 4.69) is 0 Å². The van der Waals surface area contributed by atoms with Gasteiger partial charge in [0.25, 0.3) is 0 Å². The van der Waals surface area contributed by atoms with Crippen LogP contribution in [0.4, 0.5) is 0 Å². The van der Waals surface area contributed by atoms with E-state index in [1.165, 1.54) is 0 Å². The molecule has 0 aliphatic rings. The second-order valence-electron chi connectivity index (χ2n) is 3.50. The molecule has 0 rings (SSSR count). The first-order chi connectivity index (χ1) is 5.93. The predicted octanol–water partition coefficient (Wildman–Crippen LogP) is -1.67. The molecule has 0 bridgehead atoms. The fourth-order valence-corrected chi connectivity index (χ4v) is 0.108. The van der Waals surface area contributed by atoms with Crippen LogP contribution in [-0.4, -0.2) is 58.1 Å². The lowest BCUT2D eigenvalue weighted by atomic mass is 9.97. The molecule has 0 saturated heterocycles. The minimum Gasteiger partial charge on any atom is -0.396 e. The molecule has 5 N–H and O–H groups in total. The highest BCUT2D eigenvalue weighted by Gasteiger charge is 2.13. The molecule has 13 heavy (non-hydrogen) atoms. The van der Waals surface area contributed by atoms with Gasteiger partial charge in [0, 0.05) is 5.41 Å². The van der Waals surface area contributed by atoms with Crippen molar-refractivity contribution in [2.24, 2.45) is 5.41 Å². The second kappa shape index (κ2) is 8.40. The summed E-state index contributed by atoms with van der Waals surface area (Å²) in [5, 5.41) is 40.9. The lowest BCUT2D eigenvalue weighted by Crippen LogP contribution is -2.20. The largest absolute Gasteiger partial charge is 0.396 e. The fraction of sp³-hybridized carbons (Fsp3) is 1.00. The maximum Gasteiger partial charge on any atom is 0.100 e. The van der Waals surface area contributed by atoms with E-state index in [0.29, 0.717) is 0 Å². The summed E-state index contributed by atoms with van der Waals surface area (Å²) in [7, 11) is 0. The van der Waals surface area contributed by atoms with Gasteiger partial charge in [0.1, 0.15) is 6.10 Å². The Morgan fingerprint density at radius 2 is 1.23 bits per heavy atom. The standard InChI is InChI=1S/C5H12O2.C3H8O3/c1-5(2,3-6)4-7;4-1-3(6)2-5/h6-7H,3-4H2,1-2H3;3-6H,1-2H2. The first kappa shape index (κ1) is 15.3. The molecule has 0 radical (unpaired) electrons. The molecule has 0 aromatic heterocycles. The minimum absolute atomic E-state index is 0.0451. The summed E-state index contributed by atoms with van der Waals surface area (Å²) in [6.07, 6.45) is -0.954. The number of rotatable bonds is 4. The van der Waals surface area contributed by atoms with Gasteiger partial charge in [0.2, 0.25) is 0 Å². The molecule has 5 heteroatoms. The number of aliphatic hydroxyl groups excluding tert-OH is 5. The third-order valence-electron chi connectivity index (χ3n) is 1.28. The van der Waals surface area contributed by atoms with Crippen LogP contribution in [0.1, 0.15) is 13.8 Å². The van der Waals surface area contributed by atoms with Crippen molar-refractivity contribution < 1.29 is 25.5 Å². The third kappa shape index (κ3) is 11.8. The molecule has 0 heterocycles. The normalized spacial score (nSPS) is 11.1. The van der Waals surface area contributed by atoms with Gasteiger partial charge in [-0.3, -0.25) is 0 Å². The van der Waals surface area contributed by atoms with Gasteiger partial charge in [0.15, 0.2) is 0 Å². The highest BCUT2D eigenvalue weighted by atomic mass is 16.3. The predicted molar refractivity (Wildman–Crippen MR) is 48.1 cm³/mol. The number of hydrogen-bond acceptors (Lipinski definition) is 5. The molecule has 5 nitrogen and oxygen atoms in total. The monoisotopic (exact) mass is 196 g/mol. The van der Waals surface area contributed by atoms with Crippen LogP contribution in [0.25, 0.3) is 0 Å². The smallest absolute Gasteiger partial charge is 0.100 e. The van der Waals surface area contributed by atoms with Crippen molar-refractivity contribution in [1.29, 1.82) is 0 Å². The van der Waals surface area contributed by atoms with Gasteiger partial charge in [-0.2, -0.15) is 0 Å². The molecule has 0 aliphatic carbocycles. The maximum absolute atomic E-state index is 8.43. The van der Waals surface area contributed by atoms with E-state index < -0.39 is 6.10 Å². The SMILES string of the molecule is CC(C)(CO)CO.OCC(O)CO. The Morgan fingerprint density at radius 1 is 0.923 bits per heavy atom. The van der Waals surface area contributed by atoms with Gasteiger partial charge >= 0.3 is 0 Å². The van der Waals surface area contributed by atoms with Crippen molar-refractivity contribution in [1.82, 2.24) is 0 Å². The zero-order valence-corrected chi connectivity index (χ0v) is 8.14. The van der Waals surface area contributed by atoms with Gasteiger partial charge in [-0.25, -0.2) is 0 Å². The molecule has 0 aromatic carbocycles. The van der Waals surface area contributed by atoms with Gasteiger partial charge in [-0.05, 0) is 0 Å². The van der Waals surface area contributed by atoms with E-state index in [0.717, 1.165) is 0 Å². The summed E-state index contributed by atoms with van der Waals surface area (Å²) in [6, 6.07) is 0. The zero-order chi connectivity index (χ0) is 10.9. The van der Waals surface area contributed by atoms with Crippen LogP contribution in [-0.2, 0) is 0 Å². The lowest BCUT2D eigenvalue weighted by molar-refractivity contribution is 0.0450. The van der Waals surface area contributed by atoms with Crippen LogP contribution < -0.4 is 0 Å². The topological polar surface area (TPSA) is 101 Å². The van der Waals surface area contributed by atoms with Gasteiger partial charge in [-0.1, -0.05) is 13.8 Å². The molecule has 0 amide bonds. The van der Waals surface area contributed by atoms with E-state index in [1.807, 2.05) is 0 Å². The summed E-state index contributed by atoms with van der Waals surface area (Å²) in [5.41, 5.74) is -0.306. The first-order valence-electron chi connectivity index (χ1n) is 4.05. The summed E-state index contributed by atoms with van der Waals surface area (Å²) in [4.78, 5) is 0. The average molecular weight is 196 g/mol. The van der Waals surface area contributed by atoms with E-state index >= 15 is 0 Å². The van der Waals surface area contributed by atoms with Crippen LogP contribution in [0, 0.1) is 5.41 Å². The van der Waals surface area contributed by atoms with E-state index in [1.54, 1.807) is 13.8 Å². The number of aliphatic hydroxyl groups is 5. The average Bonchev–Trinajstić information content (AvgIpc) is 2.17. The summed E-state index contributed by atoms with van der Waals surface area (Å²) < 4.78 is 0. The third-order valence-corrected chi connectivity index (χ3v) is 1.28. The molecule has 0 saturated carbocycles. The summed E-state index contributed by atoms with van der Waals surface area (Å²) in [5.74, 6) is 0. The van der Waals surface area contributed by atoms with Crippen LogP contribution >= 0.6 is 0 Å². The van der Waals surface area contributed by atoms with Crippen molar-refractivity contribution in [2.75, 3.05) is 26.4 Å². The van der Waals surface area contributed by atoms with Crippen LogP contribution in [0.2, 0.25) is 0 Å². The Kier molecular flexibility index (Phi) is 9.87. The van der Waals surface area contributed by atoms with E-state index in [9.17, 15) is 0 Å². The Bertz CT molecular complexity index is 94.7. The molecule has 0 fully saturated rings. The fourth-order valence-electron chi connectivity index (χ4n) is 0.108. The highest BCUT2D eigenvalue weighted by molar-refractivity contribution is 4.62. The highest BCUT2D eigenvalue weighted by Crippen LogP contribution is 2.10. The minimum atomic E-state index is -0.954. The first-order valence-corrected chi connectivity index (χ1v) is 4.05. The molecule has 82 valence electrons. The number of hydrogen-bond donors (Lipinski definition) is 5.